The molecule has 4 nitrogen and oxygen atoms in total. The van der Waals surface area contributed by atoms with Crippen molar-refractivity contribution in [3.05, 3.63) is 75.2 Å². The first-order valence-electron chi connectivity index (χ1n) is 8.06. The van der Waals surface area contributed by atoms with E-state index >= 15 is 0 Å². The van der Waals surface area contributed by atoms with E-state index in [1.54, 1.807) is 18.4 Å². The summed E-state index contributed by atoms with van der Waals surface area (Å²) in [5, 5.41) is 6.21. The number of benzene rings is 1. The molecule has 0 saturated carbocycles. The van der Waals surface area contributed by atoms with Gasteiger partial charge in [0, 0.05) is 20.9 Å². The lowest BCUT2D eigenvalue weighted by Gasteiger charge is -2.28. The van der Waals surface area contributed by atoms with Crippen LogP contribution in [0.1, 0.15) is 22.7 Å². The van der Waals surface area contributed by atoms with Crippen LogP contribution in [0.25, 0.3) is 0 Å². The molecular weight excluding hydrogens is 430 g/mol. The van der Waals surface area contributed by atoms with Gasteiger partial charge in [-0.25, -0.2) is 0 Å². The molecule has 0 amide bonds. The second kappa shape index (κ2) is 7.34. The van der Waals surface area contributed by atoms with Crippen LogP contribution in [0, 0.1) is 0 Å². The van der Waals surface area contributed by atoms with Gasteiger partial charge in [-0.1, -0.05) is 18.2 Å². The van der Waals surface area contributed by atoms with Crippen molar-refractivity contribution >= 4 is 50.3 Å². The van der Waals surface area contributed by atoms with Gasteiger partial charge in [0.15, 0.2) is 5.11 Å². The smallest absolute Gasteiger partial charge is 0.174 e. The number of para-hydroxylation sites is 2. The number of anilines is 1. The van der Waals surface area contributed by atoms with Gasteiger partial charge in [0.1, 0.15) is 5.75 Å². The Morgan fingerprint density at radius 1 is 1.23 bits per heavy atom. The van der Waals surface area contributed by atoms with Crippen LogP contribution in [0.2, 0.25) is 0 Å². The molecular formula is C19H16BrN3OS2. The Morgan fingerprint density at radius 2 is 2.04 bits per heavy atom. The van der Waals surface area contributed by atoms with E-state index in [-0.39, 0.29) is 12.1 Å². The summed E-state index contributed by atoms with van der Waals surface area (Å²) < 4.78 is 6.65. The highest BCUT2D eigenvalue weighted by atomic mass is 79.9. The summed E-state index contributed by atoms with van der Waals surface area (Å²) in [6.45, 7) is 0. The second-order valence-corrected chi connectivity index (χ2v) is 8.08. The molecule has 1 N–H and O–H groups in total. The number of hydrogen-bond donors (Lipinski definition) is 1. The van der Waals surface area contributed by atoms with Gasteiger partial charge in [-0.05, 0) is 58.5 Å². The molecule has 3 heterocycles. The van der Waals surface area contributed by atoms with Crippen LogP contribution in [0.4, 0.5) is 5.69 Å². The van der Waals surface area contributed by atoms with Crippen LogP contribution in [-0.2, 0) is 0 Å². The number of aromatic nitrogens is 1. The van der Waals surface area contributed by atoms with Gasteiger partial charge in [0.25, 0.3) is 0 Å². The van der Waals surface area contributed by atoms with Crippen LogP contribution in [-0.4, -0.2) is 17.2 Å². The summed E-state index contributed by atoms with van der Waals surface area (Å²) in [5.41, 5.74) is 1.90. The highest BCUT2D eigenvalue weighted by Gasteiger charge is 2.42. The predicted octanol–water partition coefficient (Wildman–Crippen LogP) is 5.09. The summed E-state index contributed by atoms with van der Waals surface area (Å²) >= 11 is 11.0. The van der Waals surface area contributed by atoms with Crippen molar-refractivity contribution < 1.29 is 4.74 Å². The van der Waals surface area contributed by atoms with E-state index in [0.717, 1.165) is 21.6 Å². The fraction of sp³-hybridized carbons (Fsp3) is 0.158. The van der Waals surface area contributed by atoms with Crippen LogP contribution in [0.15, 0.2) is 64.6 Å². The van der Waals surface area contributed by atoms with Crippen molar-refractivity contribution in [3.63, 3.8) is 0 Å². The molecule has 1 saturated heterocycles. The van der Waals surface area contributed by atoms with Crippen molar-refractivity contribution in [2.45, 2.75) is 12.1 Å². The summed E-state index contributed by atoms with van der Waals surface area (Å²) in [4.78, 5) is 7.89. The zero-order chi connectivity index (χ0) is 18.1. The van der Waals surface area contributed by atoms with E-state index in [2.05, 4.69) is 42.6 Å². The molecule has 3 aromatic rings. The second-order valence-electron chi connectivity index (χ2n) is 5.84. The van der Waals surface area contributed by atoms with E-state index < -0.39 is 0 Å². The molecule has 132 valence electrons. The van der Waals surface area contributed by atoms with Gasteiger partial charge >= 0.3 is 0 Å². The molecule has 0 bridgehead atoms. The zero-order valence-corrected chi connectivity index (χ0v) is 17.1. The Labute approximate surface area is 170 Å². The lowest BCUT2D eigenvalue weighted by atomic mass is 10.0. The largest absolute Gasteiger partial charge is 0.495 e. The van der Waals surface area contributed by atoms with Crippen molar-refractivity contribution in [2.24, 2.45) is 0 Å². The average molecular weight is 446 g/mol. The van der Waals surface area contributed by atoms with Gasteiger partial charge in [-0.15, -0.1) is 11.3 Å². The number of thiophene rings is 1. The Kier molecular flexibility index (Phi) is 4.93. The van der Waals surface area contributed by atoms with Crippen LogP contribution in [0.3, 0.4) is 0 Å². The Bertz CT molecular complexity index is 931. The number of thiocarbonyl (C=S) groups is 1. The Hall–Kier alpha value is -1.96. The van der Waals surface area contributed by atoms with Gasteiger partial charge in [0.05, 0.1) is 30.6 Å². The van der Waals surface area contributed by atoms with Gasteiger partial charge in [-0.3, -0.25) is 4.98 Å². The predicted molar refractivity (Wildman–Crippen MR) is 113 cm³/mol. The fourth-order valence-corrected chi connectivity index (χ4v) is 5.13. The first-order chi connectivity index (χ1) is 12.7. The molecule has 0 aliphatic carbocycles. The summed E-state index contributed by atoms with van der Waals surface area (Å²) in [6, 6.07) is 16.0. The number of rotatable bonds is 4. The molecule has 1 aliphatic rings. The molecule has 2 aromatic heterocycles. The lowest BCUT2D eigenvalue weighted by Crippen LogP contribution is -2.29. The number of pyridine rings is 1. The minimum Gasteiger partial charge on any atom is -0.495 e. The van der Waals surface area contributed by atoms with Crippen LogP contribution in [0.5, 0.6) is 5.75 Å². The summed E-state index contributed by atoms with van der Waals surface area (Å²) in [6.07, 6.45) is 1.81. The average Bonchev–Trinajstić information content (AvgIpc) is 3.25. The SMILES string of the molecule is COc1ccccc1N1C(=S)N[C@H](c2ccccn2)[C@@H]1c1cc(Br)cs1. The summed E-state index contributed by atoms with van der Waals surface area (Å²) in [5.74, 6) is 0.791. The third-order valence-corrected chi connectivity index (χ3v) is 6.40. The van der Waals surface area contributed by atoms with E-state index in [9.17, 15) is 0 Å². The molecule has 1 aromatic carbocycles. The highest BCUT2D eigenvalue weighted by Crippen LogP contribution is 2.46. The summed E-state index contributed by atoms with van der Waals surface area (Å²) in [7, 11) is 1.68. The molecule has 1 fully saturated rings. The lowest BCUT2D eigenvalue weighted by molar-refractivity contribution is 0.414. The maximum atomic E-state index is 5.72. The molecule has 26 heavy (non-hydrogen) atoms. The topological polar surface area (TPSA) is 37.4 Å². The molecule has 0 spiro atoms. The number of nitrogens with zero attached hydrogens (tertiary/aromatic N) is 2. The van der Waals surface area contributed by atoms with E-state index in [0.29, 0.717) is 5.11 Å². The van der Waals surface area contributed by atoms with Crippen molar-refractivity contribution in [2.75, 3.05) is 12.0 Å². The number of nitrogens with one attached hydrogen (secondary N) is 1. The number of methoxy groups -OCH3 is 1. The minimum atomic E-state index is -0.0424. The third-order valence-electron chi connectivity index (χ3n) is 4.32. The van der Waals surface area contributed by atoms with E-state index in [1.807, 2.05) is 48.7 Å². The van der Waals surface area contributed by atoms with Gasteiger partial charge < -0.3 is 15.0 Å². The number of halogens is 1. The molecule has 2 atom stereocenters. The van der Waals surface area contributed by atoms with Gasteiger partial charge in [0.2, 0.25) is 0 Å². The monoisotopic (exact) mass is 445 g/mol. The van der Waals surface area contributed by atoms with Crippen molar-refractivity contribution in [1.82, 2.24) is 10.3 Å². The third kappa shape index (κ3) is 3.11. The molecule has 1 aliphatic heterocycles. The quantitative estimate of drug-likeness (QED) is 0.565. The van der Waals surface area contributed by atoms with E-state index in [4.69, 9.17) is 17.0 Å². The van der Waals surface area contributed by atoms with Crippen LogP contribution < -0.4 is 15.0 Å². The van der Waals surface area contributed by atoms with Crippen molar-refractivity contribution in [3.8, 4) is 5.75 Å². The molecule has 0 radical (unpaired) electrons. The van der Waals surface area contributed by atoms with Crippen molar-refractivity contribution in [1.29, 1.82) is 0 Å². The Morgan fingerprint density at radius 3 is 2.73 bits per heavy atom. The number of hydrogen-bond acceptors (Lipinski definition) is 4. The molecule has 4 rings (SSSR count). The van der Waals surface area contributed by atoms with E-state index in [1.165, 1.54) is 4.88 Å². The zero-order valence-electron chi connectivity index (χ0n) is 13.9. The number of ether oxygens (including phenoxy) is 1. The first kappa shape index (κ1) is 17.5. The Balaban J connectivity index is 1.85. The minimum absolute atomic E-state index is 0.00926. The maximum Gasteiger partial charge on any atom is 0.174 e. The normalized spacial score (nSPS) is 19.5. The fourth-order valence-electron chi connectivity index (χ4n) is 3.22. The highest BCUT2D eigenvalue weighted by molar-refractivity contribution is 9.10. The molecule has 7 heteroatoms. The molecule has 0 unspecified atom stereocenters. The van der Waals surface area contributed by atoms with Crippen LogP contribution >= 0.6 is 39.5 Å². The maximum absolute atomic E-state index is 5.72. The first-order valence-corrected chi connectivity index (χ1v) is 10.1. The standard InChI is InChI=1S/C19H16BrN3OS2/c1-24-15-8-3-2-7-14(15)23-18(16-10-12(20)11-26-16)17(22-19(23)25)13-6-4-5-9-21-13/h2-11,17-18H,1H3,(H,22,25)/t17-,18+/m1/s1. The van der Waals surface area contributed by atoms with Gasteiger partial charge in [-0.2, -0.15) is 0 Å².